The Bertz CT molecular complexity index is 1070. The maximum absolute atomic E-state index is 12.4. The van der Waals surface area contributed by atoms with Crippen molar-refractivity contribution in [3.8, 4) is 0 Å². The van der Waals surface area contributed by atoms with Crippen LogP contribution >= 0.6 is 11.3 Å². The summed E-state index contributed by atoms with van der Waals surface area (Å²) in [6.07, 6.45) is 1.67. The molecule has 0 radical (unpaired) electrons. The summed E-state index contributed by atoms with van der Waals surface area (Å²) in [7, 11) is -4.06. The average molecular weight is 452 g/mol. The molecule has 1 aromatic heterocycles. The Kier molecular flexibility index (Phi) is 7.69. The molecule has 0 unspecified atom stereocenters. The van der Waals surface area contributed by atoms with Crippen LogP contribution < -0.4 is 21.5 Å². The SMILES string of the molecule is C/C=C(/N=C(N)N)c1ccc(C(=O)NC[C@H](NS(=O)(=O)c2ccccc2)C(=O)O)s1. The van der Waals surface area contributed by atoms with Crippen LogP contribution in [0.5, 0.6) is 0 Å². The van der Waals surface area contributed by atoms with Crippen molar-refractivity contribution in [3.05, 3.63) is 58.3 Å². The summed E-state index contributed by atoms with van der Waals surface area (Å²) < 4.78 is 26.8. The van der Waals surface area contributed by atoms with E-state index < -0.39 is 34.5 Å². The van der Waals surface area contributed by atoms with Crippen molar-refractivity contribution < 1.29 is 23.1 Å². The quantitative estimate of drug-likeness (QED) is 0.273. The van der Waals surface area contributed by atoms with Crippen LogP contribution in [-0.2, 0) is 14.8 Å². The van der Waals surface area contributed by atoms with Gasteiger partial charge in [0, 0.05) is 6.54 Å². The third-order valence-electron chi connectivity index (χ3n) is 3.72. The first-order chi connectivity index (χ1) is 14.1. The Morgan fingerprint density at radius 2 is 1.80 bits per heavy atom. The molecule has 0 spiro atoms. The molecular formula is C18H21N5O5S2. The third-order valence-corrected chi connectivity index (χ3v) is 6.32. The van der Waals surface area contributed by atoms with E-state index in [2.05, 4.69) is 15.0 Å². The van der Waals surface area contributed by atoms with Crippen molar-refractivity contribution in [2.24, 2.45) is 16.5 Å². The molecule has 0 saturated heterocycles. The molecule has 30 heavy (non-hydrogen) atoms. The maximum Gasteiger partial charge on any atom is 0.323 e. The second-order valence-electron chi connectivity index (χ2n) is 5.91. The number of thiophene rings is 1. The van der Waals surface area contributed by atoms with Crippen molar-refractivity contribution >= 4 is 44.9 Å². The summed E-state index contributed by atoms with van der Waals surface area (Å²) in [6, 6.07) is 8.97. The van der Waals surface area contributed by atoms with Crippen LogP contribution in [0.15, 0.2) is 58.4 Å². The standard InChI is InChI=1S/C18H21N5O5S2/c1-2-12(22-18(19)20)14-8-9-15(29-14)16(24)21-10-13(17(25)26)23-30(27,28)11-6-4-3-5-7-11/h2-9,13,23H,10H2,1H3,(H,21,24)(H,25,26)(H4,19,20,22)/b12-2+/t13-/m0/s1. The Morgan fingerprint density at radius 1 is 1.17 bits per heavy atom. The Labute approximate surface area is 177 Å². The number of nitrogens with zero attached hydrogens (tertiary/aromatic N) is 1. The van der Waals surface area contributed by atoms with Crippen molar-refractivity contribution in [2.45, 2.75) is 17.9 Å². The predicted molar refractivity (Wildman–Crippen MR) is 114 cm³/mol. The van der Waals surface area contributed by atoms with Gasteiger partial charge in [-0.1, -0.05) is 24.3 Å². The van der Waals surface area contributed by atoms with Gasteiger partial charge in [0.05, 0.1) is 20.3 Å². The van der Waals surface area contributed by atoms with Gasteiger partial charge in [-0.2, -0.15) is 4.72 Å². The Hall–Kier alpha value is -3.22. The topological polar surface area (TPSA) is 177 Å². The number of nitrogens with two attached hydrogens (primary N) is 2. The molecule has 160 valence electrons. The van der Waals surface area contributed by atoms with E-state index in [4.69, 9.17) is 11.5 Å². The second kappa shape index (κ2) is 10.0. The highest BCUT2D eigenvalue weighted by Crippen LogP contribution is 2.25. The van der Waals surface area contributed by atoms with E-state index in [1.165, 1.54) is 30.3 Å². The number of carboxylic acids is 1. The molecule has 0 aliphatic carbocycles. The number of hydrogen-bond donors (Lipinski definition) is 5. The smallest absolute Gasteiger partial charge is 0.323 e. The fourth-order valence-electron chi connectivity index (χ4n) is 2.31. The number of aliphatic imine (C=N–C) groups is 1. The molecule has 7 N–H and O–H groups in total. The molecule has 1 atom stereocenters. The van der Waals surface area contributed by atoms with Gasteiger partial charge < -0.3 is 21.9 Å². The second-order valence-corrected chi connectivity index (χ2v) is 8.71. The van der Waals surface area contributed by atoms with E-state index >= 15 is 0 Å². The van der Waals surface area contributed by atoms with Crippen LogP contribution in [0, 0.1) is 0 Å². The molecule has 0 bridgehead atoms. The number of allylic oxidation sites excluding steroid dienone is 1. The van der Waals surface area contributed by atoms with E-state index in [0.717, 1.165) is 11.3 Å². The van der Waals surface area contributed by atoms with E-state index in [0.29, 0.717) is 10.6 Å². The number of aliphatic carboxylic acids is 1. The monoisotopic (exact) mass is 451 g/mol. The lowest BCUT2D eigenvalue weighted by Crippen LogP contribution is -2.48. The number of carbonyl (C=O) groups excluding carboxylic acids is 1. The molecule has 1 aromatic carbocycles. The number of carboxylic acid groups (broad SMARTS) is 1. The minimum atomic E-state index is -4.06. The molecule has 0 saturated carbocycles. The van der Waals surface area contributed by atoms with Gasteiger partial charge in [0.25, 0.3) is 5.91 Å². The van der Waals surface area contributed by atoms with Crippen LogP contribution in [0.1, 0.15) is 21.5 Å². The maximum atomic E-state index is 12.4. The predicted octanol–water partition coefficient (Wildman–Crippen LogP) is 0.544. The molecule has 1 amide bonds. The van der Waals surface area contributed by atoms with Gasteiger partial charge in [-0.25, -0.2) is 13.4 Å². The molecular weight excluding hydrogens is 430 g/mol. The van der Waals surface area contributed by atoms with Gasteiger partial charge in [0.1, 0.15) is 6.04 Å². The first kappa shape index (κ1) is 23.1. The molecule has 0 aliphatic heterocycles. The number of rotatable bonds is 9. The Balaban J connectivity index is 2.08. The molecule has 12 heteroatoms. The molecule has 2 aromatic rings. The number of sulfonamides is 1. The molecule has 2 rings (SSSR count). The number of carbonyl (C=O) groups is 2. The minimum absolute atomic E-state index is 0.0795. The van der Waals surface area contributed by atoms with Gasteiger partial charge in [-0.3, -0.25) is 9.59 Å². The zero-order valence-corrected chi connectivity index (χ0v) is 17.5. The van der Waals surface area contributed by atoms with Crippen molar-refractivity contribution in [2.75, 3.05) is 6.54 Å². The molecule has 0 aliphatic rings. The number of amides is 1. The highest BCUT2D eigenvalue weighted by Gasteiger charge is 2.26. The summed E-state index contributed by atoms with van der Waals surface area (Å²) in [5, 5.41) is 11.8. The zero-order valence-electron chi connectivity index (χ0n) is 15.9. The average Bonchev–Trinajstić information content (AvgIpc) is 3.19. The van der Waals surface area contributed by atoms with Crippen LogP contribution in [0.4, 0.5) is 0 Å². The summed E-state index contributed by atoms with van der Waals surface area (Å²) in [6.45, 7) is 1.29. The first-order valence-corrected chi connectivity index (χ1v) is 10.9. The zero-order chi connectivity index (χ0) is 22.3. The van der Waals surface area contributed by atoms with E-state index in [-0.39, 0.29) is 15.7 Å². The minimum Gasteiger partial charge on any atom is -0.480 e. The first-order valence-electron chi connectivity index (χ1n) is 8.58. The van der Waals surface area contributed by atoms with Crippen molar-refractivity contribution in [1.82, 2.24) is 10.0 Å². The number of benzene rings is 1. The van der Waals surface area contributed by atoms with Crippen LogP contribution in [0.2, 0.25) is 0 Å². The van der Waals surface area contributed by atoms with E-state index in [1.54, 1.807) is 25.1 Å². The van der Waals surface area contributed by atoms with Crippen molar-refractivity contribution in [1.29, 1.82) is 0 Å². The van der Waals surface area contributed by atoms with Gasteiger partial charge >= 0.3 is 5.97 Å². The summed E-state index contributed by atoms with van der Waals surface area (Å²) in [5.41, 5.74) is 11.2. The van der Waals surface area contributed by atoms with E-state index in [1.807, 2.05) is 0 Å². The normalized spacial score (nSPS) is 12.8. The van der Waals surface area contributed by atoms with E-state index in [9.17, 15) is 23.1 Å². The molecule has 0 fully saturated rings. The third kappa shape index (κ3) is 6.14. The van der Waals surface area contributed by atoms with Gasteiger partial charge in [0.15, 0.2) is 5.96 Å². The van der Waals surface area contributed by atoms with Gasteiger partial charge in [-0.15, -0.1) is 11.3 Å². The lowest BCUT2D eigenvalue weighted by Gasteiger charge is -2.15. The number of hydrogen-bond acceptors (Lipinski definition) is 6. The fraction of sp³-hybridized carbons (Fsp3) is 0.167. The summed E-state index contributed by atoms with van der Waals surface area (Å²) in [4.78, 5) is 28.6. The van der Waals surface area contributed by atoms with Gasteiger partial charge in [-0.05, 0) is 31.2 Å². The van der Waals surface area contributed by atoms with Crippen molar-refractivity contribution in [3.63, 3.8) is 0 Å². The van der Waals surface area contributed by atoms with Gasteiger partial charge in [0.2, 0.25) is 10.0 Å². The summed E-state index contributed by atoms with van der Waals surface area (Å²) >= 11 is 1.10. The number of nitrogens with one attached hydrogen (secondary N) is 2. The lowest BCUT2D eigenvalue weighted by molar-refractivity contribution is -0.138. The van der Waals surface area contributed by atoms with Crippen LogP contribution in [-0.4, -0.2) is 43.9 Å². The molecule has 1 heterocycles. The van der Waals surface area contributed by atoms with Crippen LogP contribution in [0.3, 0.4) is 0 Å². The Morgan fingerprint density at radius 3 is 2.37 bits per heavy atom. The lowest BCUT2D eigenvalue weighted by atomic mass is 10.3. The largest absolute Gasteiger partial charge is 0.480 e. The summed E-state index contributed by atoms with van der Waals surface area (Å²) in [5.74, 6) is -2.11. The highest BCUT2D eigenvalue weighted by molar-refractivity contribution is 7.89. The van der Waals surface area contributed by atoms with Crippen LogP contribution in [0.25, 0.3) is 5.70 Å². The highest BCUT2D eigenvalue weighted by atomic mass is 32.2. The fourth-order valence-corrected chi connectivity index (χ4v) is 4.47. The molecule has 10 nitrogen and oxygen atoms in total. The number of guanidine groups is 1.